The summed E-state index contributed by atoms with van der Waals surface area (Å²) in [5.41, 5.74) is 2.22. The zero-order valence-corrected chi connectivity index (χ0v) is 16.8. The van der Waals surface area contributed by atoms with Crippen molar-refractivity contribution >= 4 is 21.8 Å². The number of amides is 1. The van der Waals surface area contributed by atoms with E-state index in [-0.39, 0.29) is 11.9 Å². The zero-order chi connectivity index (χ0) is 18.5. The molecule has 1 aliphatic rings. The van der Waals surface area contributed by atoms with Crippen LogP contribution in [0.15, 0.2) is 53.0 Å². The first-order valence-electron chi connectivity index (χ1n) is 8.97. The molecular weight excluding hydrogens is 392 g/mol. The van der Waals surface area contributed by atoms with Crippen LogP contribution in [0.5, 0.6) is 5.75 Å². The molecule has 0 bridgehead atoms. The quantitative estimate of drug-likeness (QED) is 0.697. The fourth-order valence-corrected chi connectivity index (χ4v) is 3.38. The number of rotatable bonds is 8. The molecule has 4 nitrogen and oxygen atoms in total. The van der Waals surface area contributed by atoms with E-state index in [0.29, 0.717) is 12.6 Å². The van der Waals surface area contributed by atoms with Crippen molar-refractivity contribution in [3.8, 4) is 5.75 Å². The van der Waals surface area contributed by atoms with Gasteiger partial charge < -0.3 is 10.1 Å². The molecule has 1 fully saturated rings. The van der Waals surface area contributed by atoms with E-state index in [4.69, 9.17) is 4.74 Å². The Bertz CT molecular complexity index is 744. The van der Waals surface area contributed by atoms with Crippen molar-refractivity contribution in [3.63, 3.8) is 0 Å². The number of para-hydroxylation sites is 1. The van der Waals surface area contributed by atoms with Crippen molar-refractivity contribution < 1.29 is 9.53 Å². The summed E-state index contributed by atoms with van der Waals surface area (Å²) in [6.07, 6.45) is 2.31. The molecule has 3 rings (SSSR count). The molecule has 5 heteroatoms. The van der Waals surface area contributed by atoms with Crippen LogP contribution in [0, 0.1) is 0 Å². The Morgan fingerprint density at radius 2 is 1.92 bits per heavy atom. The second-order valence-corrected chi connectivity index (χ2v) is 7.70. The van der Waals surface area contributed by atoms with Crippen LogP contribution in [0.2, 0.25) is 0 Å². The predicted molar refractivity (Wildman–Crippen MR) is 107 cm³/mol. The van der Waals surface area contributed by atoms with Gasteiger partial charge in [0.15, 0.2) is 0 Å². The molecule has 1 saturated carbocycles. The summed E-state index contributed by atoms with van der Waals surface area (Å²) in [6.45, 7) is 3.15. The maximum atomic E-state index is 12.6. The number of carbonyl (C=O) groups excluding carboxylic acids is 1. The van der Waals surface area contributed by atoms with Crippen LogP contribution in [0.25, 0.3) is 0 Å². The molecule has 1 N–H and O–H groups in total. The molecule has 0 spiro atoms. The first-order valence-corrected chi connectivity index (χ1v) is 9.77. The van der Waals surface area contributed by atoms with E-state index in [1.54, 1.807) is 7.11 Å². The Kier molecular flexibility index (Phi) is 6.33. The summed E-state index contributed by atoms with van der Waals surface area (Å²) in [6, 6.07) is 16.6. The number of nitrogens with one attached hydrogen (secondary N) is 1. The van der Waals surface area contributed by atoms with E-state index in [1.165, 1.54) is 0 Å². The average Bonchev–Trinajstić information content (AvgIpc) is 3.47. The number of ether oxygens (including phenoxy) is 1. The molecular formula is C21H25BrN2O2. The number of nitrogens with zero attached hydrogens (tertiary/aromatic N) is 1. The lowest BCUT2D eigenvalue weighted by atomic mass is 10.1. The van der Waals surface area contributed by atoms with Crippen LogP contribution in [-0.2, 0) is 11.3 Å². The molecule has 0 saturated heterocycles. The predicted octanol–water partition coefficient (Wildman–Crippen LogP) is 4.30. The lowest BCUT2D eigenvalue weighted by Gasteiger charge is -2.24. The summed E-state index contributed by atoms with van der Waals surface area (Å²) in [7, 11) is 1.69. The second-order valence-electron chi connectivity index (χ2n) is 6.79. The molecule has 2 aromatic carbocycles. The van der Waals surface area contributed by atoms with Crippen LogP contribution < -0.4 is 10.1 Å². The van der Waals surface area contributed by atoms with Gasteiger partial charge in [-0.25, -0.2) is 0 Å². The molecule has 1 atom stereocenters. The van der Waals surface area contributed by atoms with Gasteiger partial charge in [-0.1, -0.05) is 46.3 Å². The minimum atomic E-state index is -0.0112. The highest BCUT2D eigenvalue weighted by molar-refractivity contribution is 9.10. The standard InChI is InChI=1S/C21H25BrN2O2/c1-15(16-7-9-18(22)10-8-16)23-21(25)14-24(19-11-12-19)13-17-5-3-4-6-20(17)26-2/h3-10,15,19H,11-14H2,1-2H3,(H,23,25). The smallest absolute Gasteiger partial charge is 0.234 e. The second kappa shape index (κ2) is 8.69. The van der Waals surface area contributed by atoms with Gasteiger partial charge in [-0.15, -0.1) is 0 Å². The Hall–Kier alpha value is -1.85. The van der Waals surface area contributed by atoms with Gasteiger partial charge in [0.05, 0.1) is 19.7 Å². The average molecular weight is 417 g/mol. The molecule has 0 aromatic heterocycles. The van der Waals surface area contributed by atoms with Gasteiger partial charge in [0.2, 0.25) is 5.91 Å². The number of hydrogen-bond donors (Lipinski definition) is 1. The van der Waals surface area contributed by atoms with Gasteiger partial charge in [-0.2, -0.15) is 0 Å². The maximum Gasteiger partial charge on any atom is 0.234 e. The van der Waals surface area contributed by atoms with Crippen LogP contribution in [0.1, 0.15) is 36.9 Å². The third-order valence-corrected chi connectivity index (χ3v) is 5.25. The Balaban J connectivity index is 1.61. The maximum absolute atomic E-state index is 12.6. The minimum Gasteiger partial charge on any atom is -0.496 e. The lowest BCUT2D eigenvalue weighted by molar-refractivity contribution is -0.123. The first kappa shape index (κ1) is 18.9. The topological polar surface area (TPSA) is 41.6 Å². The van der Waals surface area contributed by atoms with Gasteiger partial charge in [0.25, 0.3) is 0 Å². The van der Waals surface area contributed by atoms with Crippen LogP contribution in [-0.4, -0.2) is 30.5 Å². The van der Waals surface area contributed by atoms with Crippen molar-refractivity contribution in [2.24, 2.45) is 0 Å². The van der Waals surface area contributed by atoms with Gasteiger partial charge >= 0.3 is 0 Å². The lowest BCUT2D eigenvalue weighted by Crippen LogP contribution is -2.39. The van der Waals surface area contributed by atoms with Gasteiger partial charge in [0, 0.05) is 22.6 Å². The van der Waals surface area contributed by atoms with Crippen molar-refractivity contribution in [3.05, 3.63) is 64.1 Å². The highest BCUT2D eigenvalue weighted by Crippen LogP contribution is 2.30. The summed E-state index contributed by atoms with van der Waals surface area (Å²) < 4.78 is 6.49. The van der Waals surface area contributed by atoms with Gasteiger partial charge in [-0.3, -0.25) is 9.69 Å². The fourth-order valence-electron chi connectivity index (χ4n) is 3.11. The molecule has 0 heterocycles. The van der Waals surface area contributed by atoms with E-state index < -0.39 is 0 Å². The molecule has 1 aliphatic carbocycles. The summed E-state index contributed by atoms with van der Waals surface area (Å²) in [5.74, 6) is 0.934. The normalized spacial score (nSPS) is 14.9. The summed E-state index contributed by atoms with van der Waals surface area (Å²) in [5, 5.41) is 3.12. The zero-order valence-electron chi connectivity index (χ0n) is 15.2. The third kappa shape index (κ3) is 5.08. The largest absolute Gasteiger partial charge is 0.496 e. The van der Waals surface area contributed by atoms with Crippen LogP contribution >= 0.6 is 15.9 Å². The molecule has 1 amide bonds. The molecule has 26 heavy (non-hydrogen) atoms. The number of halogens is 1. The van der Waals surface area contributed by atoms with Crippen molar-refractivity contribution in [1.82, 2.24) is 10.2 Å². The molecule has 0 radical (unpaired) electrons. The number of benzene rings is 2. The molecule has 0 aliphatic heterocycles. The van der Waals surface area contributed by atoms with Crippen LogP contribution in [0.4, 0.5) is 0 Å². The molecule has 2 aromatic rings. The van der Waals surface area contributed by atoms with Crippen molar-refractivity contribution in [1.29, 1.82) is 0 Å². The Labute approximate surface area is 163 Å². The van der Waals surface area contributed by atoms with Crippen LogP contribution in [0.3, 0.4) is 0 Å². The fraction of sp³-hybridized carbons (Fsp3) is 0.381. The summed E-state index contributed by atoms with van der Waals surface area (Å²) >= 11 is 3.44. The molecule has 138 valence electrons. The third-order valence-electron chi connectivity index (χ3n) is 4.72. The van der Waals surface area contributed by atoms with E-state index >= 15 is 0 Å². The first-order chi connectivity index (χ1) is 12.6. The van der Waals surface area contributed by atoms with E-state index in [9.17, 15) is 4.79 Å². The molecule has 1 unspecified atom stereocenters. The van der Waals surface area contributed by atoms with Gasteiger partial charge in [-0.05, 0) is 43.5 Å². The number of hydrogen-bond acceptors (Lipinski definition) is 3. The Morgan fingerprint density at radius 1 is 1.23 bits per heavy atom. The minimum absolute atomic E-state index is 0.0112. The van der Waals surface area contributed by atoms with E-state index in [0.717, 1.165) is 40.7 Å². The monoisotopic (exact) mass is 416 g/mol. The summed E-state index contributed by atoms with van der Waals surface area (Å²) in [4.78, 5) is 14.8. The highest BCUT2D eigenvalue weighted by Gasteiger charge is 2.31. The Morgan fingerprint density at radius 3 is 2.58 bits per heavy atom. The van der Waals surface area contributed by atoms with Crippen molar-refractivity contribution in [2.45, 2.75) is 38.4 Å². The van der Waals surface area contributed by atoms with Gasteiger partial charge in [0.1, 0.15) is 5.75 Å². The van der Waals surface area contributed by atoms with E-state index in [1.807, 2.05) is 49.4 Å². The SMILES string of the molecule is COc1ccccc1CN(CC(=O)NC(C)c1ccc(Br)cc1)C1CC1. The van der Waals surface area contributed by atoms with Crippen molar-refractivity contribution in [2.75, 3.05) is 13.7 Å². The number of carbonyl (C=O) groups is 1. The highest BCUT2D eigenvalue weighted by atomic mass is 79.9. The number of methoxy groups -OCH3 is 1. The van der Waals surface area contributed by atoms with E-state index in [2.05, 4.69) is 32.2 Å².